The van der Waals surface area contributed by atoms with Crippen molar-refractivity contribution in [3.8, 4) is 0 Å². The quantitative estimate of drug-likeness (QED) is 0.757. The lowest BCUT2D eigenvalue weighted by Gasteiger charge is -2.27. The van der Waals surface area contributed by atoms with Crippen LogP contribution in [0.15, 0.2) is 0 Å². The Bertz CT molecular complexity index is 218. The summed E-state index contributed by atoms with van der Waals surface area (Å²) in [6.45, 7) is 13.5. The van der Waals surface area contributed by atoms with Gasteiger partial charge in [-0.1, -0.05) is 41.5 Å². The maximum Gasteiger partial charge on any atom is 0.221 e. The zero-order valence-electron chi connectivity index (χ0n) is 11.6. The van der Waals surface area contributed by atoms with E-state index in [-0.39, 0.29) is 17.4 Å². The minimum atomic E-state index is -0.0371. The summed E-state index contributed by atoms with van der Waals surface area (Å²) in [7, 11) is 0. The first-order chi connectivity index (χ1) is 7.14. The number of nitrogens with two attached hydrogens (primary N) is 1. The zero-order valence-corrected chi connectivity index (χ0v) is 11.6. The van der Waals surface area contributed by atoms with E-state index in [9.17, 15) is 4.79 Å². The van der Waals surface area contributed by atoms with Crippen LogP contribution in [0.25, 0.3) is 0 Å². The lowest BCUT2D eigenvalue weighted by Crippen LogP contribution is -2.38. The molecule has 96 valence electrons. The lowest BCUT2D eigenvalue weighted by molar-refractivity contribution is -0.121. The summed E-state index contributed by atoms with van der Waals surface area (Å²) in [6.07, 6.45) is 0.425. The molecule has 0 aromatic heterocycles. The molecule has 0 aromatic rings. The van der Waals surface area contributed by atoms with Gasteiger partial charge in [0.05, 0.1) is 0 Å². The Kier molecular flexibility index (Phi) is 6.01. The van der Waals surface area contributed by atoms with Crippen LogP contribution in [0.3, 0.4) is 0 Å². The second kappa shape index (κ2) is 6.24. The van der Waals surface area contributed by atoms with Crippen molar-refractivity contribution in [2.45, 2.75) is 54.0 Å². The van der Waals surface area contributed by atoms with Gasteiger partial charge in [0.2, 0.25) is 5.91 Å². The third kappa shape index (κ3) is 6.11. The van der Waals surface area contributed by atoms with Gasteiger partial charge in [-0.3, -0.25) is 4.79 Å². The molecule has 0 spiro atoms. The third-order valence-electron chi connectivity index (χ3n) is 3.36. The summed E-state index contributed by atoms with van der Waals surface area (Å²) >= 11 is 0. The summed E-state index contributed by atoms with van der Waals surface area (Å²) in [6, 6.07) is -0.0371. The van der Waals surface area contributed by atoms with E-state index in [4.69, 9.17) is 5.73 Å². The monoisotopic (exact) mass is 228 g/mol. The number of carbonyl (C=O) groups is 1. The minimum absolute atomic E-state index is 0.0371. The predicted molar refractivity (Wildman–Crippen MR) is 69.1 cm³/mol. The van der Waals surface area contributed by atoms with Gasteiger partial charge in [0, 0.05) is 19.0 Å². The molecule has 0 aromatic carbocycles. The van der Waals surface area contributed by atoms with Gasteiger partial charge in [-0.25, -0.2) is 0 Å². The molecule has 2 unspecified atom stereocenters. The van der Waals surface area contributed by atoms with E-state index in [1.807, 2.05) is 13.8 Å². The van der Waals surface area contributed by atoms with Crippen molar-refractivity contribution >= 4 is 5.91 Å². The van der Waals surface area contributed by atoms with Gasteiger partial charge in [0.15, 0.2) is 0 Å². The fourth-order valence-electron chi connectivity index (χ4n) is 1.10. The second-order valence-electron chi connectivity index (χ2n) is 6.18. The first kappa shape index (κ1) is 15.4. The molecule has 0 fully saturated rings. The first-order valence-corrected chi connectivity index (χ1v) is 6.17. The highest BCUT2D eigenvalue weighted by atomic mass is 16.1. The maximum absolute atomic E-state index is 11.6. The summed E-state index contributed by atoms with van der Waals surface area (Å²) in [5.74, 6) is 0.884. The summed E-state index contributed by atoms with van der Waals surface area (Å²) in [5, 5.41) is 2.96. The van der Waals surface area contributed by atoms with Crippen LogP contribution in [-0.4, -0.2) is 18.5 Å². The molecule has 16 heavy (non-hydrogen) atoms. The van der Waals surface area contributed by atoms with Crippen LogP contribution >= 0.6 is 0 Å². The minimum Gasteiger partial charge on any atom is -0.356 e. The maximum atomic E-state index is 11.6. The van der Waals surface area contributed by atoms with E-state index < -0.39 is 0 Å². The van der Waals surface area contributed by atoms with Gasteiger partial charge in [0.25, 0.3) is 0 Å². The highest BCUT2D eigenvalue weighted by Crippen LogP contribution is 2.24. The van der Waals surface area contributed by atoms with Crippen molar-refractivity contribution < 1.29 is 4.79 Å². The molecular formula is C13H28N2O. The van der Waals surface area contributed by atoms with E-state index in [1.165, 1.54) is 0 Å². The summed E-state index contributed by atoms with van der Waals surface area (Å²) < 4.78 is 0. The van der Waals surface area contributed by atoms with Gasteiger partial charge in [0.1, 0.15) is 0 Å². The van der Waals surface area contributed by atoms with Gasteiger partial charge in [-0.05, 0) is 17.3 Å². The second-order valence-corrected chi connectivity index (χ2v) is 6.18. The van der Waals surface area contributed by atoms with Crippen molar-refractivity contribution in [3.05, 3.63) is 0 Å². The molecule has 0 heterocycles. The van der Waals surface area contributed by atoms with Gasteiger partial charge in [-0.15, -0.1) is 0 Å². The summed E-state index contributed by atoms with van der Waals surface area (Å²) in [4.78, 5) is 11.6. The van der Waals surface area contributed by atoms with Crippen LogP contribution in [0, 0.1) is 17.3 Å². The predicted octanol–water partition coefficient (Wildman–Crippen LogP) is 2.16. The Morgan fingerprint density at radius 2 is 1.75 bits per heavy atom. The molecule has 0 aliphatic rings. The highest BCUT2D eigenvalue weighted by molar-refractivity contribution is 5.76. The topological polar surface area (TPSA) is 55.1 Å². The van der Waals surface area contributed by atoms with Crippen LogP contribution in [0.2, 0.25) is 0 Å². The standard InChI is InChI=1S/C13H28N2O/c1-9(2)11(14)7-12(16)15-8-10(3)13(4,5)6/h9-11H,7-8,14H2,1-6H3,(H,15,16). The largest absolute Gasteiger partial charge is 0.356 e. The molecule has 1 amide bonds. The molecular weight excluding hydrogens is 200 g/mol. The Balaban J connectivity index is 3.91. The fourth-order valence-corrected chi connectivity index (χ4v) is 1.10. The molecule has 0 bridgehead atoms. The third-order valence-corrected chi connectivity index (χ3v) is 3.36. The number of nitrogens with one attached hydrogen (secondary N) is 1. The van der Waals surface area contributed by atoms with Crippen LogP contribution < -0.4 is 11.1 Å². The fraction of sp³-hybridized carbons (Fsp3) is 0.923. The molecule has 3 heteroatoms. The first-order valence-electron chi connectivity index (χ1n) is 6.17. The molecule has 0 radical (unpaired) electrons. The van der Waals surface area contributed by atoms with Gasteiger partial charge >= 0.3 is 0 Å². The molecule has 3 nitrogen and oxygen atoms in total. The molecule has 0 saturated carbocycles. The summed E-state index contributed by atoms with van der Waals surface area (Å²) in [5.41, 5.74) is 6.08. The zero-order chi connectivity index (χ0) is 12.9. The van der Waals surface area contributed by atoms with E-state index in [0.717, 1.165) is 6.54 Å². The number of carbonyl (C=O) groups excluding carboxylic acids is 1. The van der Waals surface area contributed by atoms with Crippen LogP contribution in [0.5, 0.6) is 0 Å². The van der Waals surface area contributed by atoms with E-state index in [1.54, 1.807) is 0 Å². The van der Waals surface area contributed by atoms with Crippen molar-refractivity contribution in [1.82, 2.24) is 5.32 Å². The smallest absolute Gasteiger partial charge is 0.221 e. The van der Waals surface area contributed by atoms with Crippen molar-refractivity contribution in [2.75, 3.05) is 6.54 Å². The van der Waals surface area contributed by atoms with Crippen molar-refractivity contribution in [3.63, 3.8) is 0 Å². The van der Waals surface area contributed by atoms with Gasteiger partial charge in [-0.2, -0.15) is 0 Å². The molecule has 2 atom stereocenters. The Morgan fingerprint density at radius 1 is 1.25 bits per heavy atom. The van der Waals surface area contributed by atoms with E-state index in [0.29, 0.717) is 18.3 Å². The molecule has 0 saturated heterocycles. The van der Waals surface area contributed by atoms with Gasteiger partial charge < -0.3 is 11.1 Å². The molecule has 0 rings (SSSR count). The number of amides is 1. The average Bonchev–Trinajstić information content (AvgIpc) is 2.12. The molecule has 0 aliphatic carbocycles. The lowest BCUT2D eigenvalue weighted by atomic mass is 9.82. The average molecular weight is 228 g/mol. The number of hydrogen-bond acceptors (Lipinski definition) is 2. The Labute approximate surface area is 100 Å². The molecule has 3 N–H and O–H groups in total. The normalized spacial score (nSPS) is 16.0. The highest BCUT2D eigenvalue weighted by Gasteiger charge is 2.21. The van der Waals surface area contributed by atoms with Crippen molar-refractivity contribution in [2.24, 2.45) is 23.0 Å². The van der Waals surface area contributed by atoms with Crippen LogP contribution in [0.1, 0.15) is 48.0 Å². The van der Waals surface area contributed by atoms with Crippen molar-refractivity contribution in [1.29, 1.82) is 0 Å². The van der Waals surface area contributed by atoms with Crippen LogP contribution in [-0.2, 0) is 4.79 Å². The number of hydrogen-bond donors (Lipinski definition) is 2. The molecule has 0 aliphatic heterocycles. The Hall–Kier alpha value is -0.570. The van der Waals surface area contributed by atoms with E-state index >= 15 is 0 Å². The van der Waals surface area contributed by atoms with Crippen LogP contribution in [0.4, 0.5) is 0 Å². The SMILES string of the molecule is CC(C)C(N)CC(=O)NCC(C)C(C)(C)C. The number of rotatable bonds is 5. The Morgan fingerprint density at radius 3 is 2.12 bits per heavy atom. The van der Waals surface area contributed by atoms with E-state index in [2.05, 4.69) is 33.0 Å².